The van der Waals surface area contributed by atoms with E-state index in [4.69, 9.17) is 17.3 Å². The van der Waals surface area contributed by atoms with Gasteiger partial charge in [-0.1, -0.05) is 41.9 Å². The SMILES string of the molecule is C/C(=C\c1ccc2c(c1)N(S(=O)(=O)c1cccc(C(F)(F)F)c1)CC(N)C2)c1c(F)cccc1Cl. The summed E-state index contributed by atoms with van der Waals surface area (Å²) < 4.78 is 81.8. The molecule has 0 aliphatic carbocycles. The molecule has 10 heteroatoms. The van der Waals surface area contributed by atoms with E-state index in [0.29, 0.717) is 34.9 Å². The zero-order chi connectivity index (χ0) is 25.5. The minimum absolute atomic E-state index is 0.100. The van der Waals surface area contributed by atoms with Crippen LogP contribution in [0.1, 0.15) is 29.2 Å². The fraction of sp³-hybridized carbons (Fsp3) is 0.200. The van der Waals surface area contributed by atoms with Crippen molar-refractivity contribution in [3.05, 3.63) is 93.8 Å². The number of hydrogen-bond donors (Lipinski definition) is 1. The van der Waals surface area contributed by atoms with Crippen LogP contribution in [0.2, 0.25) is 5.02 Å². The van der Waals surface area contributed by atoms with Crippen LogP contribution in [0.25, 0.3) is 11.6 Å². The van der Waals surface area contributed by atoms with E-state index < -0.39 is 38.5 Å². The number of nitrogens with zero attached hydrogens (tertiary/aromatic N) is 1. The minimum atomic E-state index is -4.69. The minimum Gasteiger partial charge on any atom is -0.326 e. The van der Waals surface area contributed by atoms with Gasteiger partial charge < -0.3 is 5.73 Å². The van der Waals surface area contributed by atoms with Crippen LogP contribution in [-0.2, 0) is 22.6 Å². The first-order valence-electron chi connectivity index (χ1n) is 10.6. The fourth-order valence-corrected chi connectivity index (χ4v) is 6.03. The lowest BCUT2D eigenvalue weighted by molar-refractivity contribution is -0.137. The van der Waals surface area contributed by atoms with Gasteiger partial charge in [0.15, 0.2) is 0 Å². The standard InChI is InChI=1S/C25H21ClF4N2O2S/c1-15(24-21(26)6-3-7-22(24)27)10-16-8-9-17-12-19(31)14-32(23(17)11-16)35(33,34)20-5-2-4-18(13-20)25(28,29)30/h2-11,13,19H,12,14,31H2,1H3/b15-10+. The summed E-state index contributed by atoms with van der Waals surface area (Å²) in [6.45, 7) is 1.58. The number of sulfonamides is 1. The Bertz CT molecular complexity index is 1400. The van der Waals surface area contributed by atoms with E-state index in [1.165, 1.54) is 12.1 Å². The maximum absolute atomic E-state index is 14.3. The van der Waals surface area contributed by atoms with E-state index in [1.54, 1.807) is 37.3 Å². The quantitative estimate of drug-likeness (QED) is 0.329. The average molecular weight is 525 g/mol. The van der Waals surface area contributed by atoms with Crippen LogP contribution in [0.5, 0.6) is 0 Å². The maximum Gasteiger partial charge on any atom is 0.416 e. The Morgan fingerprint density at radius 3 is 2.51 bits per heavy atom. The molecule has 1 atom stereocenters. The average Bonchev–Trinajstić information content (AvgIpc) is 2.78. The van der Waals surface area contributed by atoms with Gasteiger partial charge in [-0.2, -0.15) is 13.2 Å². The summed E-state index contributed by atoms with van der Waals surface area (Å²) in [6, 6.07) is 12.5. The predicted molar refractivity (Wildman–Crippen MR) is 129 cm³/mol. The second-order valence-corrected chi connectivity index (χ2v) is 10.6. The molecule has 0 fully saturated rings. The van der Waals surface area contributed by atoms with Crippen molar-refractivity contribution in [2.75, 3.05) is 10.8 Å². The topological polar surface area (TPSA) is 63.4 Å². The van der Waals surface area contributed by atoms with Crippen molar-refractivity contribution in [2.45, 2.75) is 30.5 Å². The summed E-state index contributed by atoms with van der Waals surface area (Å²) in [6.07, 6.45) is -2.63. The Balaban J connectivity index is 1.79. The highest BCUT2D eigenvalue weighted by atomic mass is 35.5. The Labute approximate surface area is 205 Å². The lowest BCUT2D eigenvalue weighted by Gasteiger charge is -2.34. The second-order valence-electron chi connectivity index (χ2n) is 8.34. The van der Waals surface area contributed by atoms with Crippen LogP contribution in [0, 0.1) is 5.82 Å². The van der Waals surface area contributed by atoms with Gasteiger partial charge in [0.2, 0.25) is 0 Å². The van der Waals surface area contributed by atoms with Gasteiger partial charge >= 0.3 is 6.18 Å². The highest BCUT2D eigenvalue weighted by molar-refractivity contribution is 7.92. The molecule has 1 heterocycles. The summed E-state index contributed by atoms with van der Waals surface area (Å²) in [5.41, 5.74) is 7.29. The molecule has 0 bridgehead atoms. The number of halogens is 5. The third kappa shape index (κ3) is 5.07. The van der Waals surface area contributed by atoms with E-state index in [2.05, 4.69) is 0 Å². The van der Waals surface area contributed by atoms with Gasteiger partial charge in [0, 0.05) is 18.2 Å². The number of alkyl halides is 3. The van der Waals surface area contributed by atoms with Crippen molar-refractivity contribution in [1.82, 2.24) is 0 Å². The number of benzene rings is 3. The lowest BCUT2D eigenvalue weighted by Crippen LogP contribution is -2.46. The van der Waals surface area contributed by atoms with E-state index in [1.807, 2.05) is 0 Å². The van der Waals surface area contributed by atoms with Crippen LogP contribution in [0.15, 0.2) is 65.6 Å². The van der Waals surface area contributed by atoms with E-state index in [-0.39, 0.29) is 17.1 Å². The molecular weight excluding hydrogens is 504 g/mol. The molecule has 35 heavy (non-hydrogen) atoms. The Morgan fingerprint density at radius 1 is 1.11 bits per heavy atom. The first-order valence-corrected chi connectivity index (χ1v) is 12.4. The van der Waals surface area contributed by atoms with Crippen LogP contribution >= 0.6 is 11.6 Å². The molecule has 2 N–H and O–H groups in total. The Hall–Kier alpha value is -2.88. The Kier molecular flexibility index (Phi) is 6.70. The van der Waals surface area contributed by atoms with Gasteiger partial charge in [0.1, 0.15) is 5.82 Å². The van der Waals surface area contributed by atoms with E-state index in [9.17, 15) is 26.0 Å². The number of hydrogen-bond acceptors (Lipinski definition) is 3. The largest absolute Gasteiger partial charge is 0.416 e. The molecule has 184 valence electrons. The molecule has 1 aliphatic heterocycles. The molecule has 0 spiro atoms. The molecular formula is C25H21ClF4N2O2S. The molecule has 0 amide bonds. The second kappa shape index (κ2) is 9.29. The number of rotatable bonds is 4. The van der Waals surface area contributed by atoms with Crippen molar-refractivity contribution in [2.24, 2.45) is 5.73 Å². The highest BCUT2D eigenvalue weighted by Crippen LogP contribution is 2.36. The molecule has 0 aromatic heterocycles. The van der Waals surface area contributed by atoms with Crippen molar-refractivity contribution in [3.63, 3.8) is 0 Å². The van der Waals surface area contributed by atoms with Crippen molar-refractivity contribution in [3.8, 4) is 0 Å². The highest BCUT2D eigenvalue weighted by Gasteiger charge is 2.35. The van der Waals surface area contributed by atoms with Crippen LogP contribution in [0.4, 0.5) is 23.2 Å². The summed E-state index contributed by atoms with van der Waals surface area (Å²) >= 11 is 6.16. The van der Waals surface area contributed by atoms with Gasteiger partial charge in [-0.25, -0.2) is 12.8 Å². The summed E-state index contributed by atoms with van der Waals surface area (Å²) in [5, 5.41) is 0.233. The van der Waals surface area contributed by atoms with Gasteiger partial charge in [0.05, 0.1) is 21.2 Å². The maximum atomic E-state index is 14.3. The molecule has 1 unspecified atom stereocenters. The van der Waals surface area contributed by atoms with Gasteiger partial charge in [-0.05, 0) is 66.4 Å². The number of anilines is 1. The van der Waals surface area contributed by atoms with Crippen LogP contribution < -0.4 is 10.0 Å². The zero-order valence-corrected chi connectivity index (χ0v) is 20.1. The molecule has 4 rings (SSSR count). The molecule has 3 aromatic rings. The van der Waals surface area contributed by atoms with E-state index >= 15 is 0 Å². The fourth-order valence-electron chi connectivity index (χ4n) is 4.12. The van der Waals surface area contributed by atoms with Crippen molar-refractivity contribution < 1.29 is 26.0 Å². The van der Waals surface area contributed by atoms with Gasteiger partial charge in [0.25, 0.3) is 10.0 Å². The normalized spacial score (nSPS) is 16.8. The molecule has 0 radical (unpaired) electrons. The molecule has 3 aromatic carbocycles. The third-order valence-corrected chi connectivity index (χ3v) is 7.84. The summed E-state index contributed by atoms with van der Waals surface area (Å²) in [5.74, 6) is -0.496. The molecule has 0 saturated heterocycles. The number of allylic oxidation sites excluding steroid dienone is 1. The third-order valence-electron chi connectivity index (χ3n) is 5.75. The van der Waals surface area contributed by atoms with Crippen LogP contribution in [-0.4, -0.2) is 21.0 Å². The van der Waals surface area contributed by atoms with Crippen molar-refractivity contribution >= 4 is 39.0 Å². The smallest absolute Gasteiger partial charge is 0.326 e. The first kappa shape index (κ1) is 25.2. The monoisotopic (exact) mass is 524 g/mol. The number of nitrogens with two attached hydrogens (primary N) is 1. The van der Waals surface area contributed by atoms with Crippen molar-refractivity contribution in [1.29, 1.82) is 0 Å². The molecule has 1 aliphatic rings. The summed E-state index contributed by atoms with van der Waals surface area (Å²) in [7, 11) is -4.35. The van der Waals surface area contributed by atoms with Crippen LogP contribution in [0.3, 0.4) is 0 Å². The zero-order valence-electron chi connectivity index (χ0n) is 18.5. The first-order chi connectivity index (χ1) is 16.4. The number of fused-ring (bicyclic) bond motifs is 1. The molecule has 4 nitrogen and oxygen atoms in total. The summed E-state index contributed by atoms with van der Waals surface area (Å²) in [4.78, 5) is -0.484. The van der Waals surface area contributed by atoms with Gasteiger partial charge in [-0.15, -0.1) is 0 Å². The van der Waals surface area contributed by atoms with Gasteiger partial charge in [-0.3, -0.25) is 4.31 Å². The lowest BCUT2D eigenvalue weighted by atomic mass is 9.97. The Morgan fingerprint density at radius 2 is 1.83 bits per heavy atom. The predicted octanol–water partition coefficient (Wildman–Crippen LogP) is 6.14. The van der Waals surface area contributed by atoms with E-state index in [0.717, 1.165) is 22.5 Å². The molecule has 0 saturated carbocycles.